The zero-order valence-corrected chi connectivity index (χ0v) is 16.0. The molecule has 0 aliphatic carbocycles. The summed E-state index contributed by atoms with van der Waals surface area (Å²) in [6, 6.07) is 4.01. The lowest BCUT2D eigenvalue weighted by Crippen LogP contribution is -2.72. The molecule has 3 rings (SSSR count). The van der Waals surface area contributed by atoms with Gasteiger partial charge in [-0.25, -0.2) is 4.98 Å². The molecule has 0 amide bonds. The summed E-state index contributed by atoms with van der Waals surface area (Å²) >= 11 is 3.48. The lowest BCUT2D eigenvalue weighted by Gasteiger charge is -2.62. The zero-order chi connectivity index (χ0) is 16.8. The molecule has 0 aromatic carbocycles. The van der Waals surface area contributed by atoms with Gasteiger partial charge in [-0.3, -0.25) is 4.99 Å². The standard InChI is InChI=1S/C17H24BrN5/c1-16(2)11-23(17(16,3)4)15(19-5)20-8-13-10-22-9-12(18)6-7-14(22)21-13/h6-7,9-10H,8,11H2,1-5H3,(H,19,20). The monoisotopic (exact) mass is 377 g/mol. The van der Waals surface area contributed by atoms with Crippen LogP contribution in [0.15, 0.2) is 34.0 Å². The Morgan fingerprint density at radius 2 is 2.04 bits per heavy atom. The van der Waals surface area contributed by atoms with Gasteiger partial charge < -0.3 is 14.6 Å². The Labute approximate surface area is 145 Å². The number of nitrogens with one attached hydrogen (secondary N) is 1. The Balaban J connectivity index is 1.71. The fraction of sp³-hybridized carbons (Fsp3) is 0.529. The van der Waals surface area contributed by atoms with E-state index in [9.17, 15) is 0 Å². The van der Waals surface area contributed by atoms with Gasteiger partial charge in [0.1, 0.15) is 5.65 Å². The van der Waals surface area contributed by atoms with Crippen LogP contribution in [-0.4, -0.2) is 39.4 Å². The van der Waals surface area contributed by atoms with Crippen LogP contribution in [0.2, 0.25) is 0 Å². The zero-order valence-electron chi connectivity index (χ0n) is 14.4. The van der Waals surface area contributed by atoms with Gasteiger partial charge in [0, 0.05) is 41.4 Å². The smallest absolute Gasteiger partial charge is 0.194 e. The SMILES string of the molecule is CN=C(NCc1cn2cc(Br)ccc2n1)N1CC(C)(C)C1(C)C. The summed E-state index contributed by atoms with van der Waals surface area (Å²) in [6.07, 6.45) is 4.06. The molecular formula is C17H24BrN5. The van der Waals surface area contributed by atoms with E-state index in [1.54, 1.807) is 0 Å². The van der Waals surface area contributed by atoms with Crippen LogP contribution in [0.4, 0.5) is 0 Å². The van der Waals surface area contributed by atoms with E-state index in [2.05, 4.69) is 63.8 Å². The third-order valence-corrected chi connectivity index (χ3v) is 5.71. The molecular weight excluding hydrogens is 354 g/mol. The predicted molar refractivity (Wildman–Crippen MR) is 97.7 cm³/mol. The topological polar surface area (TPSA) is 44.9 Å². The maximum Gasteiger partial charge on any atom is 0.194 e. The number of fused-ring (bicyclic) bond motifs is 1. The van der Waals surface area contributed by atoms with Crippen molar-refractivity contribution in [1.29, 1.82) is 0 Å². The highest BCUT2D eigenvalue weighted by atomic mass is 79.9. The Morgan fingerprint density at radius 3 is 2.65 bits per heavy atom. The van der Waals surface area contributed by atoms with Crippen LogP contribution >= 0.6 is 15.9 Å². The number of hydrogen-bond acceptors (Lipinski definition) is 2. The molecule has 1 saturated heterocycles. The highest BCUT2D eigenvalue weighted by Gasteiger charge is 2.53. The number of aliphatic imine (C=N–C) groups is 1. The lowest BCUT2D eigenvalue weighted by molar-refractivity contribution is -0.0668. The van der Waals surface area contributed by atoms with Crippen LogP contribution in [0.5, 0.6) is 0 Å². The van der Waals surface area contributed by atoms with Gasteiger partial charge in [0.2, 0.25) is 0 Å². The molecule has 2 aromatic heterocycles. The molecule has 0 atom stereocenters. The molecule has 0 unspecified atom stereocenters. The average Bonchev–Trinajstić information content (AvgIpc) is 2.88. The fourth-order valence-corrected chi connectivity index (χ4v) is 3.32. The number of hydrogen-bond donors (Lipinski definition) is 1. The maximum atomic E-state index is 4.63. The summed E-state index contributed by atoms with van der Waals surface area (Å²) in [5.41, 5.74) is 2.34. The van der Waals surface area contributed by atoms with Gasteiger partial charge in [-0.1, -0.05) is 13.8 Å². The van der Waals surface area contributed by atoms with E-state index in [4.69, 9.17) is 0 Å². The molecule has 6 heteroatoms. The lowest BCUT2D eigenvalue weighted by atomic mass is 9.65. The van der Waals surface area contributed by atoms with Crippen LogP contribution in [-0.2, 0) is 6.54 Å². The summed E-state index contributed by atoms with van der Waals surface area (Å²) in [5, 5.41) is 3.44. The summed E-state index contributed by atoms with van der Waals surface area (Å²) in [6.45, 7) is 10.8. The van der Waals surface area contributed by atoms with Crippen LogP contribution in [0.3, 0.4) is 0 Å². The second-order valence-corrected chi connectivity index (χ2v) is 8.19. The predicted octanol–water partition coefficient (Wildman–Crippen LogP) is 3.29. The first-order valence-corrected chi connectivity index (χ1v) is 8.65. The Morgan fingerprint density at radius 1 is 1.30 bits per heavy atom. The van der Waals surface area contributed by atoms with E-state index in [1.165, 1.54) is 0 Å². The van der Waals surface area contributed by atoms with E-state index in [0.717, 1.165) is 28.3 Å². The van der Waals surface area contributed by atoms with Gasteiger partial charge in [0.15, 0.2) is 5.96 Å². The van der Waals surface area contributed by atoms with Gasteiger partial charge in [-0.05, 0) is 41.9 Å². The maximum absolute atomic E-state index is 4.63. The molecule has 0 saturated carbocycles. The second-order valence-electron chi connectivity index (χ2n) is 7.27. The summed E-state index contributed by atoms with van der Waals surface area (Å²) < 4.78 is 3.07. The molecule has 124 valence electrons. The first kappa shape index (κ1) is 16.3. The first-order chi connectivity index (χ1) is 10.7. The van der Waals surface area contributed by atoms with Crippen LogP contribution in [0, 0.1) is 5.41 Å². The molecule has 2 aromatic rings. The van der Waals surface area contributed by atoms with Crippen molar-refractivity contribution in [2.24, 2.45) is 10.4 Å². The molecule has 1 fully saturated rings. The number of aromatic nitrogens is 2. The van der Waals surface area contributed by atoms with Crippen molar-refractivity contribution in [1.82, 2.24) is 19.6 Å². The molecule has 5 nitrogen and oxygen atoms in total. The third kappa shape index (κ3) is 2.73. The van der Waals surface area contributed by atoms with Crippen LogP contribution in [0.25, 0.3) is 5.65 Å². The number of pyridine rings is 1. The minimum absolute atomic E-state index is 0.0959. The summed E-state index contributed by atoms with van der Waals surface area (Å²) in [5.74, 6) is 0.938. The average molecular weight is 378 g/mol. The second kappa shape index (κ2) is 5.51. The summed E-state index contributed by atoms with van der Waals surface area (Å²) in [4.78, 5) is 11.4. The largest absolute Gasteiger partial charge is 0.351 e. The molecule has 3 heterocycles. The van der Waals surface area contributed by atoms with Crippen molar-refractivity contribution in [3.63, 3.8) is 0 Å². The first-order valence-electron chi connectivity index (χ1n) is 7.86. The van der Waals surface area contributed by atoms with Gasteiger partial charge in [-0.15, -0.1) is 0 Å². The molecule has 0 bridgehead atoms. The quantitative estimate of drug-likeness (QED) is 0.644. The highest BCUT2D eigenvalue weighted by molar-refractivity contribution is 9.10. The molecule has 1 aliphatic rings. The van der Waals surface area contributed by atoms with E-state index < -0.39 is 0 Å². The molecule has 1 N–H and O–H groups in total. The van der Waals surface area contributed by atoms with Crippen molar-refractivity contribution < 1.29 is 0 Å². The van der Waals surface area contributed by atoms with E-state index >= 15 is 0 Å². The number of guanidine groups is 1. The molecule has 0 spiro atoms. The van der Waals surface area contributed by atoms with Crippen molar-refractivity contribution in [3.8, 4) is 0 Å². The van der Waals surface area contributed by atoms with E-state index in [1.807, 2.05) is 36.0 Å². The Kier molecular flexibility index (Phi) is 3.91. The Bertz CT molecular complexity index is 759. The van der Waals surface area contributed by atoms with Crippen LogP contribution in [0.1, 0.15) is 33.4 Å². The van der Waals surface area contributed by atoms with Gasteiger partial charge in [0.25, 0.3) is 0 Å². The Hall–Kier alpha value is -1.56. The number of imidazole rings is 1. The normalized spacial score (nSPS) is 19.7. The minimum Gasteiger partial charge on any atom is -0.351 e. The van der Waals surface area contributed by atoms with Crippen molar-refractivity contribution >= 4 is 27.5 Å². The third-order valence-electron chi connectivity index (χ3n) is 5.24. The van der Waals surface area contributed by atoms with Crippen molar-refractivity contribution in [2.75, 3.05) is 13.6 Å². The minimum atomic E-state index is 0.0959. The number of nitrogens with zero attached hydrogens (tertiary/aromatic N) is 4. The molecule has 23 heavy (non-hydrogen) atoms. The number of halogens is 1. The van der Waals surface area contributed by atoms with Gasteiger partial charge >= 0.3 is 0 Å². The van der Waals surface area contributed by atoms with Crippen molar-refractivity contribution in [3.05, 3.63) is 34.7 Å². The summed E-state index contributed by atoms with van der Waals surface area (Å²) in [7, 11) is 1.84. The van der Waals surface area contributed by atoms with Crippen LogP contribution < -0.4 is 5.32 Å². The van der Waals surface area contributed by atoms with Gasteiger partial charge in [-0.2, -0.15) is 0 Å². The highest BCUT2D eigenvalue weighted by Crippen LogP contribution is 2.46. The fourth-order valence-electron chi connectivity index (χ4n) is 2.97. The van der Waals surface area contributed by atoms with E-state index in [0.29, 0.717) is 12.0 Å². The number of likely N-dealkylation sites (tertiary alicyclic amines) is 1. The number of rotatable bonds is 2. The van der Waals surface area contributed by atoms with E-state index in [-0.39, 0.29) is 5.54 Å². The molecule has 0 radical (unpaired) electrons. The van der Waals surface area contributed by atoms with Crippen molar-refractivity contribution in [2.45, 2.75) is 39.8 Å². The molecule has 1 aliphatic heterocycles. The van der Waals surface area contributed by atoms with Gasteiger partial charge in [0.05, 0.1) is 12.2 Å².